The van der Waals surface area contributed by atoms with E-state index in [1.165, 1.54) is 19.3 Å². The first-order valence-electron chi connectivity index (χ1n) is 13.9. The van der Waals surface area contributed by atoms with E-state index in [-0.39, 0.29) is 46.1 Å². The minimum atomic E-state index is -0.821. The SMILES string of the molecule is CC(C)(O)C1CCC(C)(C2CCC3(C)C2C(O)CC2C4CCC(O)C(C)(C)C4CCC23C)O1. The number of hydrogen-bond acceptors (Lipinski definition) is 4. The Bertz CT molecular complexity index is 772. The molecule has 5 rings (SSSR count). The maximum Gasteiger partial charge on any atom is 0.0865 e. The Morgan fingerprint density at radius 1 is 0.758 bits per heavy atom. The number of aliphatic hydroxyl groups is 3. The zero-order valence-electron chi connectivity index (χ0n) is 22.2. The van der Waals surface area contributed by atoms with Crippen LogP contribution in [0.2, 0.25) is 0 Å². The lowest BCUT2D eigenvalue weighted by atomic mass is 9.39. The summed E-state index contributed by atoms with van der Waals surface area (Å²) in [6.07, 6.45) is 8.91. The highest BCUT2D eigenvalue weighted by Gasteiger charge is 2.69. The average molecular weight is 463 g/mol. The molecule has 4 heteroatoms. The van der Waals surface area contributed by atoms with Gasteiger partial charge < -0.3 is 20.1 Å². The van der Waals surface area contributed by atoms with Crippen LogP contribution in [-0.2, 0) is 4.74 Å². The van der Waals surface area contributed by atoms with Crippen LogP contribution < -0.4 is 0 Å². The van der Waals surface area contributed by atoms with Crippen molar-refractivity contribution in [2.45, 2.75) is 136 Å². The van der Waals surface area contributed by atoms with Crippen LogP contribution in [0.3, 0.4) is 0 Å². The zero-order chi connectivity index (χ0) is 24.2. The molecule has 11 unspecified atom stereocenters. The van der Waals surface area contributed by atoms with Gasteiger partial charge in [0.1, 0.15) is 0 Å². The number of aliphatic hydroxyl groups excluding tert-OH is 2. The summed E-state index contributed by atoms with van der Waals surface area (Å²) in [5.41, 5.74) is -0.757. The van der Waals surface area contributed by atoms with Crippen molar-refractivity contribution in [2.24, 2.45) is 45.8 Å². The Morgan fingerprint density at radius 3 is 2.03 bits per heavy atom. The molecule has 5 fully saturated rings. The molecule has 1 aliphatic heterocycles. The van der Waals surface area contributed by atoms with Crippen molar-refractivity contribution >= 4 is 0 Å². The molecule has 4 nitrogen and oxygen atoms in total. The highest BCUT2D eigenvalue weighted by molar-refractivity contribution is 5.18. The predicted octanol–water partition coefficient (Wildman–Crippen LogP) is 5.32. The molecule has 0 aromatic rings. The van der Waals surface area contributed by atoms with Crippen molar-refractivity contribution < 1.29 is 20.1 Å². The first kappa shape index (κ1) is 24.5. The lowest BCUT2D eigenvalue weighted by molar-refractivity contribution is -0.221. The summed E-state index contributed by atoms with van der Waals surface area (Å²) >= 11 is 0. The first-order valence-corrected chi connectivity index (χ1v) is 13.9. The van der Waals surface area contributed by atoms with Crippen molar-refractivity contribution in [1.82, 2.24) is 0 Å². The highest BCUT2D eigenvalue weighted by atomic mass is 16.5. The highest BCUT2D eigenvalue weighted by Crippen LogP contribution is 2.73. The summed E-state index contributed by atoms with van der Waals surface area (Å²) in [5.74, 6) is 2.34. The van der Waals surface area contributed by atoms with Gasteiger partial charge in [0.2, 0.25) is 0 Å². The molecule has 0 bridgehead atoms. The van der Waals surface area contributed by atoms with Crippen LogP contribution in [-0.4, -0.2) is 44.8 Å². The fourth-order valence-corrected chi connectivity index (χ4v) is 10.4. The first-order chi connectivity index (χ1) is 15.2. The maximum absolute atomic E-state index is 11.8. The Balaban J connectivity index is 1.45. The molecule has 4 aliphatic carbocycles. The minimum Gasteiger partial charge on any atom is -0.393 e. The van der Waals surface area contributed by atoms with Crippen LogP contribution in [0.5, 0.6) is 0 Å². The third kappa shape index (κ3) is 3.29. The maximum atomic E-state index is 11.8. The summed E-state index contributed by atoms with van der Waals surface area (Å²) in [5, 5.41) is 33.2. The standard InChI is InChI=1S/C29H50O4/c1-25(2)18-10-13-27(5)20(17(18)8-9-22(25)31)16-21(30)24-19(11-14-28(24,27)6)29(7)15-12-23(33-29)26(3,4)32/h17-24,30-32H,8-16H2,1-7H3. The van der Waals surface area contributed by atoms with Gasteiger partial charge >= 0.3 is 0 Å². The average Bonchev–Trinajstić information content (AvgIpc) is 3.29. The van der Waals surface area contributed by atoms with Crippen molar-refractivity contribution in [3.05, 3.63) is 0 Å². The monoisotopic (exact) mass is 462 g/mol. The van der Waals surface area contributed by atoms with E-state index in [0.717, 1.165) is 38.5 Å². The molecular weight excluding hydrogens is 412 g/mol. The van der Waals surface area contributed by atoms with Gasteiger partial charge in [-0.2, -0.15) is 0 Å². The van der Waals surface area contributed by atoms with Gasteiger partial charge in [-0.3, -0.25) is 0 Å². The molecule has 1 heterocycles. The van der Waals surface area contributed by atoms with E-state index in [9.17, 15) is 15.3 Å². The second-order valence-corrected chi connectivity index (χ2v) is 14.8. The fourth-order valence-electron chi connectivity index (χ4n) is 10.4. The van der Waals surface area contributed by atoms with Gasteiger partial charge in [-0.15, -0.1) is 0 Å². The van der Waals surface area contributed by atoms with Gasteiger partial charge in [-0.05, 0) is 124 Å². The summed E-state index contributed by atoms with van der Waals surface area (Å²) in [6, 6.07) is 0. The number of fused-ring (bicyclic) bond motifs is 5. The lowest BCUT2D eigenvalue weighted by Gasteiger charge is -2.67. The van der Waals surface area contributed by atoms with Crippen LogP contribution in [0.1, 0.15) is 106 Å². The molecule has 0 aromatic heterocycles. The van der Waals surface area contributed by atoms with Crippen LogP contribution in [0, 0.1) is 45.8 Å². The van der Waals surface area contributed by atoms with Crippen molar-refractivity contribution in [3.8, 4) is 0 Å². The molecule has 0 amide bonds. The second-order valence-electron chi connectivity index (χ2n) is 14.8. The molecule has 5 aliphatic rings. The van der Waals surface area contributed by atoms with Gasteiger partial charge in [0.25, 0.3) is 0 Å². The Labute approximate surface area is 201 Å². The summed E-state index contributed by atoms with van der Waals surface area (Å²) in [6.45, 7) is 15.6. The van der Waals surface area contributed by atoms with E-state index >= 15 is 0 Å². The van der Waals surface area contributed by atoms with E-state index in [0.29, 0.717) is 23.7 Å². The van der Waals surface area contributed by atoms with Crippen molar-refractivity contribution in [3.63, 3.8) is 0 Å². The minimum absolute atomic E-state index is 0.0254. The largest absolute Gasteiger partial charge is 0.393 e. The van der Waals surface area contributed by atoms with Gasteiger partial charge in [-0.1, -0.05) is 27.7 Å². The molecule has 33 heavy (non-hydrogen) atoms. The Hall–Kier alpha value is -0.160. The van der Waals surface area contributed by atoms with Gasteiger partial charge in [0, 0.05) is 0 Å². The van der Waals surface area contributed by atoms with Crippen LogP contribution in [0.15, 0.2) is 0 Å². The Kier molecular flexibility index (Phi) is 5.52. The topological polar surface area (TPSA) is 69.9 Å². The fraction of sp³-hybridized carbons (Fsp3) is 1.00. The molecule has 4 saturated carbocycles. The van der Waals surface area contributed by atoms with Crippen LogP contribution in [0.4, 0.5) is 0 Å². The summed E-state index contributed by atoms with van der Waals surface area (Å²) in [7, 11) is 0. The summed E-state index contributed by atoms with van der Waals surface area (Å²) in [4.78, 5) is 0. The Morgan fingerprint density at radius 2 is 1.39 bits per heavy atom. The van der Waals surface area contributed by atoms with E-state index in [2.05, 4.69) is 34.6 Å². The van der Waals surface area contributed by atoms with Crippen molar-refractivity contribution in [2.75, 3.05) is 0 Å². The molecule has 11 atom stereocenters. The van der Waals surface area contributed by atoms with Gasteiger partial charge in [0.05, 0.1) is 29.5 Å². The number of hydrogen-bond donors (Lipinski definition) is 3. The molecule has 1 saturated heterocycles. The zero-order valence-corrected chi connectivity index (χ0v) is 22.2. The van der Waals surface area contributed by atoms with E-state index < -0.39 is 5.60 Å². The summed E-state index contributed by atoms with van der Waals surface area (Å²) < 4.78 is 6.64. The quantitative estimate of drug-likeness (QED) is 0.519. The molecular formula is C29H50O4. The third-order valence-corrected chi connectivity index (χ3v) is 12.7. The lowest BCUT2D eigenvalue weighted by Crippen LogP contribution is -2.63. The number of rotatable bonds is 2. The van der Waals surface area contributed by atoms with E-state index in [1.807, 2.05) is 13.8 Å². The van der Waals surface area contributed by atoms with Crippen LogP contribution in [0.25, 0.3) is 0 Å². The molecule has 190 valence electrons. The van der Waals surface area contributed by atoms with E-state index in [4.69, 9.17) is 4.74 Å². The predicted molar refractivity (Wildman–Crippen MR) is 131 cm³/mol. The number of ether oxygens (including phenoxy) is 1. The van der Waals surface area contributed by atoms with Gasteiger partial charge in [0.15, 0.2) is 0 Å². The van der Waals surface area contributed by atoms with Crippen molar-refractivity contribution in [1.29, 1.82) is 0 Å². The van der Waals surface area contributed by atoms with Gasteiger partial charge in [-0.25, -0.2) is 0 Å². The molecule has 3 N–H and O–H groups in total. The smallest absolute Gasteiger partial charge is 0.0865 e. The van der Waals surface area contributed by atoms with E-state index in [1.54, 1.807) is 0 Å². The molecule has 0 spiro atoms. The normalized spacial score (nSPS) is 56.2. The molecule has 0 aromatic carbocycles. The van der Waals surface area contributed by atoms with Crippen LogP contribution >= 0.6 is 0 Å². The second kappa shape index (κ2) is 7.43. The molecule has 0 radical (unpaired) electrons. The third-order valence-electron chi connectivity index (χ3n) is 12.7.